The van der Waals surface area contributed by atoms with Crippen LogP contribution in [0.1, 0.15) is 18.2 Å². The number of nitrogens with zero attached hydrogens (tertiary/aromatic N) is 2. The lowest BCUT2D eigenvalue weighted by Gasteiger charge is -2.06. The molecule has 23 heavy (non-hydrogen) atoms. The van der Waals surface area contributed by atoms with E-state index in [1.54, 1.807) is 17.8 Å². The minimum Gasteiger partial charge on any atom is -0.384 e. The molecule has 3 aromatic rings. The standard InChI is InChI=1S/C18H19N3OS/c1-2-22-11-16-10-17(19)21-18(20-16)23-12-13-7-8-14-5-3-4-6-15(14)9-13/h3-10H,2,11-12H2,1H3,(H2,19,20,21). The molecule has 5 heteroatoms. The Morgan fingerprint density at radius 2 is 1.87 bits per heavy atom. The highest BCUT2D eigenvalue weighted by atomic mass is 32.2. The summed E-state index contributed by atoms with van der Waals surface area (Å²) < 4.78 is 5.39. The van der Waals surface area contributed by atoms with Gasteiger partial charge in [0.1, 0.15) is 5.82 Å². The van der Waals surface area contributed by atoms with E-state index in [1.165, 1.54) is 16.3 Å². The molecule has 0 bridgehead atoms. The van der Waals surface area contributed by atoms with E-state index >= 15 is 0 Å². The van der Waals surface area contributed by atoms with Crippen molar-refractivity contribution in [3.8, 4) is 0 Å². The molecule has 0 spiro atoms. The SMILES string of the molecule is CCOCc1cc(N)nc(SCc2ccc3ccccc3c2)n1. The Balaban J connectivity index is 1.72. The molecule has 0 amide bonds. The Labute approximate surface area is 140 Å². The smallest absolute Gasteiger partial charge is 0.190 e. The summed E-state index contributed by atoms with van der Waals surface area (Å²) >= 11 is 1.59. The van der Waals surface area contributed by atoms with E-state index in [9.17, 15) is 0 Å². The van der Waals surface area contributed by atoms with Crippen molar-refractivity contribution in [2.75, 3.05) is 12.3 Å². The monoisotopic (exact) mass is 325 g/mol. The van der Waals surface area contributed by atoms with Gasteiger partial charge in [-0.2, -0.15) is 0 Å². The topological polar surface area (TPSA) is 61.0 Å². The summed E-state index contributed by atoms with van der Waals surface area (Å²) in [5, 5.41) is 3.18. The molecule has 0 fully saturated rings. The van der Waals surface area contributed by atoms with Crippen LogP contribution in [0.4, 0.5) is 5.82 Å². The largest absolute Gasteiger partial charge is 0.384 e. The Hall–Kier alpha value is -2.11. The van der Waals surface area contributed by atoms with Gasteiger partial charge in [-0.05, 0) is 23.3 Å². The van der Waals surface area contributed by atoms with Gasteiger partial charge in [0.15, 0.2) is 5.16 Å². The highest BCUT2D eigenvalue weighted by Gasteiger charge is 2.05. The van der Waals surface area contributed by atoms with Crippen molar-refractivity contribution in [2.24, 2.45) is 0 Å². The maximum Gasteiger partial charge on any atom is 0.190 e. The lowest BCUT2D eigenvalue weighted by Crippen LogP contribution is -2.02. The molecule has 0 saturated heterocycles. The molecule has 2 N–H and O–H groups in total. The second kappa shape index (κ2) is 7.44. The van der Waals surface area contributed by atoms with Crippen LogP contribution in [0, 0.1) is 0 Å². The van der Waals surface area contributed by atoms with Crippen LogP contribution in [0.5, 0.6) is 0 Å². The van der Waals surface area contributed by atoms with Gasteiger partial charge >= 0.3 is 0 Å². The van der Waals surface area contributed by atoms with Gasteiger partial charge in [-0.15, -0.1) is 0 Å². The summed E-state index contributed by atoms with van der Waals surface area (Å²) in [4.78, 5) is 8.79. The average molecular weight is 325 g/mol. The maximum atomic E-state index is 5.85. The summed E-state index contributed by atoms with van der Waals surface area (Å²) in [6.07, 6.45) is 0. The van der Waals surface area contributed by atoms with Crippen molar-refractivity contribution >= 4 is 28.4 Å². The Morgan fingerprint density at radius 1 is 1.04 bits per heavy atom. The number of ether oxygens (including phenoxy) is 1. The first-order valence-electron chi connectivity index (χ1n) is 7.56. The highest BCUT2D eigenvalue weighted by Crippen LogP contribution is 2.23. The van der Waals surface area contributed by atoms with E-state index in [0.717, 1.165) is 11.4 Å². The molecule has 0 atom stereocenters. The predicted octanol–water partition coefficient (Wildman–Crippen LogP) is 4.04. The van der Waals surface area contributed by atoms with Crippen LogP contribution in [0.25, 0.3) is 10.8 Å². The normalized spacial score (nSPS) is 11.0. The molecule has 3 rings (SSSR count). The van der Waals surface area contributed by atoms with Crippen LogP contribution in [-0.4, -0.2) is 16.6 Å². The maximum absolute atomic E-state index is 5.85. The van der Waals surface area contributed by atoms with Gasteiger partial charge in [-0.1, -0.05) is 54.2 Å². The Bertz CT molecular complexity index is 807. The minimum absolute atomic E-state index is 0.465. The summed E-state index contributed by atoms with van der Waals surface area (Å²) in [7, 11) is 0. The molecule has 1 aromatic heterocycles. The molecule has 0 radical (unpaired) electrons. The van der Waals surface area contributed by atoms with E-state index in [0.29, 0.717) is 24.2 Å². The van der Waals surface area contributed by atoms with Crippen LogP contribution in [0.2, 0.25) is 0 Å². The third kappa shape index (κ3) is 4.21. The number of nitrogen functional groups attached to an aromatic ring is 1. The van der Waals surface area contributed by atoms with Gasteiger partial charge in [0.25, 0.3) is 0 Å². The lowest BCUT2D eigenvalue weighted by molar-refractivity contribution is 0.131. The van der Waals surface area contributed by atoms with Crippen molar-refractivity contribution in [1.29, 1.82) is 0 Å². The van der Waals surface area contributed by atoms with Gasteiger partial charge in [-0.25, -0.2) is 9.97 Å². The average Bonchev–Trinajstić information content (AvgIpc) is 2.57. The molecule has 0 aliphatic heterocycles. The summed E-state index contributed by atoms with van der Waals surface area (Å²) in [6.45, 7) is 3.08. The third-order valence-corrected chi connectivity index (χ3v) is 4.33. The predicted molar refractivity (Wildman–Crippen MR) is 95.3 cm³/mol. The fraction of sp³-hybridized carbons (Fsp3) is 0.222. The van der Waals surface area contributed by atoms with Crippen molar-refractivity contribution in [2.45, 2.75) is 24.4 Å². The van der Waals surface area contributed by atoms with E-state index in [2.05, 4.69) is 52.4 Å². The molecule has 0 unspecified atom stereocenters. The quantitative estimate of drug-likeness (QED) is 0.547. The van der Waals surface area contributed by atoms with Crippen LogP contribution in [0.3, 0.4) is 0 Å². The fourth-order valence-electron chi connectivity index (χ4n) is 2.32. The van der Waals surface area contributed by atoms with Gasteiger partial charge in [0.2, 0.25) is 0 Å². The summed E-state index contributed by atoms with van der Waals surface area (Å²) in [5.41, 5.74) is 7.92. The molecule has 4 nitrogen and oxygen atoms in total. The van der Waals surface area contributed by atoms with Crippen molar-refractivity contribution < 1.29 is 4.74 Å². The molecular formula is C18H19N3OS. The van der Waals surface area contributed by atoms with Crippen LogP contribution >= 0.6 is 11.8 Å². The number of rotatable bonds is 6. The molecular weight excluding hydrogens is 306 g/mol. The number of hydrogen-bond acceptors (Lipinski definition) is 5. The second-order valence-electron chi connectivity index (χ2n) is 5.17. The van der Waals surface area contributed by atoms with Gasteiger partial charge in [-0.3, -0.25) is 0 Å². The summed E-state index contributed by atoms with van der Waals surface area (Å²) in [5.74, 6) is 1.29. The first-order valence-corrected chi connectivity index (χ1v) is 8.55. The van der Waals surface area contributed by atoms with Crippen LogP contribution < -0.4 is 5.73 Å². The molecule has 1 heterocycles. The van der Waals surface area contributed by atoms with E-state index in [-0.39, 0.29) is 0 Å². The zero-order chi connectivity index (χ0) is 16.1. The Morgan fingerprint density at radius 3 is 2.70 bits per heavy atom. The van der Waals surface area contributed by atoms with E-state index in [4.69, 9.17) is 10.5 Å². The fourth-order valence-corrected chi connectivity index (χ4v) is 3.14. The van der Waals surface area contributed by atoms with Crippen molar-refractivity contribution in [3.05, 3.63) is 59.8 Å². The second-order valence-corrected chi connectivity index (χ2v) is 6.12. The number of thioether (sulfide) groups is 1. The number of nitrogens with two attached hydrogens (primary N) is 1. The number of aromatic nitrogens is 2. The number of fused-ring (bicyclic) bond motifs is 1. The zero-order valence-corrected chi connectivity index (χ0v) is 13.8. The van der Waals surface area contributed by atoms with Crippen LogP contribution in [-0.2, 0) is 17.1 Å². The molecule has 2 aromatic carbocycles. The minimum atomic E-state index is 0.465. The molecule has 118 valence electrons. The van der Waals surface area contributed by atoms with E-state index in [1.807, 2.05) is 6.92 Å². The zero-order valence-electron chi connectivity index (χ0n) is 13.0. The first-order chi connectivity index (χ1) is 11.2. The number of hydrogen-bond donors (Lipinski definition) is 1. The van der Waals surface area contributed by atoms with E-state index < -0.39 is 0 Å². The third-order valence-electron chi connectivity index (χ3n) is 3.41. The van der Waals surface area contributed by atoms with Crippen LogP contribution in [0.15, 0.2) is 53.7 Å². The molecule has 0 aliphatic rings. The van der Waals surface area contributed by atoms with Gasteiger partial charge < -0.3 is 10.5 Å². The van der Waals surface area contributed by atoms with Crippen molar-refractivity contribution in [1.82, 2.24) is 9.97 Å². The van der Waals surface area contributed by atoms with Crippen molar-refractivity contribution in [3.63, 3.8) is 0 Å². The highest BCUT2D eigenvalue weighted by molar-refractivity contribution is 7.98. The first kappa shape index (κ1) is 15.8. The summed E-state index contributed by atoms with van der Waals surface area (Å²) in [6, 6.07) is 16.6. The lowest BCUT2D eigenvalue weighted by atomic mass is 10.1. The van der Waals surface area contributed by atoms with Gasteiger partial charge in [0.05, 0.1) is 12.3 Å². The molecule has 0 saturated carbocycles. The molecule has 0 aliphatic carbocycles. The number of benzene rings is 2. The number of anilines is 1. The Kier molecular flexibility index (Phi) is 5.10. The van der Waals surface area contributed by atoms with Gasteiger partial charge in [0, 0.05) is 18.4 Å².